The molecule has 1 saturated heterocycles. The normalized spacial score (nSPS) is 14.9. The fourth-order valence-corrected chi connectivity index (χ4v) is 2.36. The van der Waals surface area contributed by atoms with Gasteiger partial charge in [0.15, 0.2) is 0 Å². The van der Waals surface area contributed by atoms with Gasteiger partial charge in [0.1, 0.15) is 0 Å². The molecular formula is C15H23ClN4O2. The van der Waals surface area contributed by atoms with Gasteiger partial charge in [0.25, 0.3) is 5.91 Å². The maximum atomic E-state index is 12.0. The molecule has 0 spiro atoms. The zero-order valence-corrected chi connectivity index (χ0v) is 13.3. The average molecular weight is 327 g/mol. The third-order valence-electron chi connectivity index (χ3n) is 3.56. The fraction of sp³-hybridized carbons (Fsp3) is 0.467. The van der Waals surface area contributed by atoms with Gasteiger partial charge in [-0.2, -0.15) is 0 Å². The van der Waals surface area contributed by atoms with Crippen LogP contribution in [0.25, 0.3) is 0 Å². The minimum atomic E-state index is -0.525. The summed E-state index contributed by atoms with van der Waals surface area (Å²) in [5.41, 5.74) is 6.02. The second-order valence-electron chi connectivity index (χ2n) is 5.15. The zero-order valence-electron chi connectivity index (χ0n) is 12.5. The molecule has 0 saturated carbocycles. The predicted molar refractivity (Wildman–Crippen MR) is 88.5 cm³/mol. The lowest BCUT2D eigenvalue weighted by Crippen LogP contribution is -2.44. The number of carbonyl (C=O) groups is 2. The van der Waals surface area contributed by atoms with E-state index in [9.17, 15) is 9.59 Å². The molecule has 7 heteroatoms. The Morgan fingerprint density at radius 3 is 2.59 bits per heavy atom. The molecule has 0 radical (unpaired) electrons. The summed E-state index contributed by atoms with van der Waals surface area (Å²) in [6.45, 7) is 5.81. The number of piperazine rings is 1. The molecule has 122 valence electrons. The van der Waals surface area contributed by atoms with Gasteiger partial charge in [-0.1, -0.05) is 6.07 Å². The van der Waals surface area contributed by atoms with Crippen LogP contribution in [0.3, 0.4) is 0 Å². The first kappa shape index (κ1) is 18.4. The Kier molecular flexibility index (Phi) is 7.87. The second kappa shape index (κ2) is 9.40. The quantitative estimate of drug-likeness (QED) is 0.653. The van der Waals surface area contributed by atoms with Crippen LogP contribution in [-0.2, 0) is 0 Å². The first-order valence-corrected chi connectivity index (χ1v) is 7.28. The van der Waals surface area contributed by atoms with Crippen LogP contribution in [0.2, 0.25) is 0 Å². The predicted octanol–water partition coefficient (Wildman–Crippen LogP) is 0.232. The number of benzene rings is 1. The summed E-state index contributed by atoms with van der Waals surface area (Å²) in [5, 5.41) is 6.18. The number of nitrogens with zero attached hydrogens (tertiary/aromatic N) is 1. The molecule has 2 rings (SSSR count). The lowest BCUT2D eigenvalue weighted by atomic mass is 10.1. The third kappa shape index (κ3) is 5.63. The number of nitrogens with two attached hydrogens (primary N) is 1. The Morgan fingerprint density at radius 1 is 1.23 bits per heavy atom. The molecule has 0 aliphatic carbocycles. The highest BCUT2D eigenvalue weighted by atomic mass is 35.5. The number of carbonyl (C=O) groups excluding carboxylic acids is 2. The first-order valence-electron chi connectivity index (χ1n) is 7.28. The van der Waals surface area contributed by atoms with E-state index in [1.54, 1.807) is 18.2 Å². The molecule has 1 fully saturated rings. The van der Waals surface area contributed by atoms with Gasteiger partial charge in [-0.3, -0.25) is 9.59 Å². The highest BCUT2D eigenvalue weighted by molar-refractivity contribution is 5.99. The molecule has 4 N–H and O–H groups in total. The van der Waals surface area contributed by atoms with Crippen LogP contribution in [0.5, 0.6) is 0 Å². The van der Waals surface area contributed by atoms with Crippen molar-refractivity contribution < 1.29 is 9.59 Å². The number of primary amides is 1. The lowest BCUT2D eigenvalue weighted by molar-refractivity contribution is 0.0951. The van der Waals surface area contributed by atoms with Crippen molar-refractivity contribution in [3.05, 3.63) is 35.4 Å². The zero-order chi connectivity index (χ0) is 15.1. The van der Waals surface area contributed by atoms with Crippen molar-refractivity contribution in [3.8, 4) is 0 Å². The maximum Gasteiger partial charge on any atom is 0.251 e. The summed E-state index contributed by atoms with van der Waals surface area (Å²) in [6, 6.07) is 6.46. The van der Waals surface area contributed by atoms with E-state index in [-0.39, 0.29) is 18.3 Å². The topological polar surface area (TPSA) is 87.5 Å². The number of hydrogen-bond acceptors (Lipinski definition) is 4. The Bertz CT molecular complexity index is 504. The van der Waals surface area contributed by atoms with Gasteiger partial charge >= 0.3 is 0 Å². The molecule has 0 unspecified atom stereocenters. The average Bonchev–Trinajstić information content (AvgIpc) is 2.52. The van der Waals surface area contributed by atoms with Gasteiger partial charge in [-0.25, -0.2) is 0 Å². The van der Waals surface area contributed by atoms with Crippen LogP contribution in [0.1, 0.15) is 27.1 Å². The highest BCUT2D eigenvalue weighted by Gasteiger charge is 2.10. The summed E-state index contributed by atoms with van der Waals surface area (Å²) in [4.78, 5) is 25.5. The van der Waals surface area contributed by atoms with E-state index in [0.29, 0.717) is 17.7 Å². The number of amides is 2. The van der Waals surface area contributed by atoms with Crippen LogP contribution in [-0.4, -0.2) is 56.0 Å². The first-order chi connectivity index (χ1) is 10.2. The third-order valence-corrected chi connectivity index (χ3v) is 3.56. The van der Waals surface area contributed by atoms with Crippen molar-refractivity contribution >= 4 is 24.2 Å². The number of halogens is 1. The molecule has 0 atom stereocenters. The fourth-order valence-electron chi connectivity index (χ4n) is 2.36. The van der Waals surface area contributed by atoms with Gasteiger partial charge in [-0.05, 0) is 31.2 Å². The van der Waals surface area contributed by atoms with Crippen molar-refractivity contribution in [1.29, 1.82) is 0 Å². The van der Waals surface area contributed by atoms with E-state index >= 15 is 0 Å². The summed E-state index contributed by atoms with van der Waals surface area (Å²) in [6.07, 6.45) is 0.918. The maximum absolute atomic E-state index is 12.0. The Hall–Kier alpha value is -1.63. The minimum Gasteiger partial charge on any atom is -0.366 e. The SMILES string of the molecule is Cl.NC(=O)c1cccc(C(=O)NCCCN2CCNCC2)c1. The van der Waals surface area contributed by atoms with Crippen molar-refractivity contribution in [2.45, 2.75) is 6.42 Å². The smallest absolute Gasteiger partial charge is 0.251 e. The van der Waals surface area contributed by atoms with Crippen molar-refractivity contribution in [2.75, 3.05) is 39.3 Å². The summed E-state index contributed by atoms with van der Waals surface area (Å²) in [5.74, 6) is -0.693. The second-order valence-corrected chi connectivity index (χ2v) is 5.15. The van der Waals surface area contributed by atoms with Gasteiger partial charge in [-0.15, -0.1) is 12.4 Å². The molecule has 1 heterocycles. The molecule has 6 nitrogen and oxygen atoms in total. The molecule has 1 aromatic carbocycles. The van der Waals surface area contributed by atoms with E-state index < -0.39 is 5.91 Å². The Morgan fingerprint density at radius 2 is 1.91 bits per heavy atom. The van der Waals surface area contributed by atoms with E-state index in [4.69, 9.17) is 5.73 Å². The highest BCUT2D eigenvalue weighted by Crippen LogP contribution is 2.04. The molecule has 1 aliphatic heterocycles. The molecule has 22 heavy (non-hydrogen) atoms. The molecule has 1 aliphatic rings. The van der Waals surface area contributed by atoms with E-state index in [2.05, 4.69) is 15.5 Å². The lowest BCUT2D eigenvalue weighted by Gasteiger charge is -2.27. The minimum absolute atomic E-state index is 0. The van der Waals surface area contributed by atoms with E-state index in [0.717, 1.165) is 39.1 Å². The Labute approximate surface area is 136 Å². The molecule has 1 aromatic rings. The number of hydrogen-bond donors (Lipinski definition) is 3. The van der Waals surface area contributed by atoms with Gasteiger partial charge in [0, 0.05) is 43.9 Å². The van der Waals surface area contributed by atoms with Gasteiger partial charge in [0.05, 0.1) is 0 Å². The van der Waals surface area contributed by atoms with Crippen molar-refractivity contribution in [1.82, 2.24) is 15.5 Å². The molecule has 0 aromatic heterocycles. The summed E-state index contributed by atoms with van der Waals surface area (Å²) in [7, 11) is 0. The van der Waals surface area contributed by atoms with Crippen LogP contribution in [0.15, 0.2) is 24.3 Å². The molecular weight excluding hydrogens is 304 g/mol. The number of nitrogens with one attached hydrogen (secondary N) is 2. The van der Waals surface area contributed by atoms with Crippen LogP contribution in [0, 0.1) is 0 Å². The summed E-state index contributed by atoms with van der Waals surface area (Å²) >= 11 is 0. The molecule has 0 bridgehead atoms. The van der Waals surface area contributed by atoms with Crippen LogP contribution < -0.4 is 16.4 Å². The standard InChI is InChI=1S/C15H22N4O2.ClH/c16-14(20)12-3-1-4-13(11-12)15(21)18-5-2-8-19-9-6-17-7-10-19;/h1,3-4,11,17H,2,5-10H2,(H2,16,20)(H,18,21);1H. The van der Waals surface area contributed by atoms with E-state index in [1.807, 2.05) is 0 Å². The van der Waals surface area contributed by atoms with E-state index in [1.165, 1.54) is 6.07 Å². The van der Waals surface area contributed by atoms with Crippen molar-refractivity contribution in [2.24, 2.45) is 5.73 Å². The molecule has 2 amide bonds. The van der Waals surface area contributed by atoms with Crippen LogP contribution in [0.4, 0.5) is 0 Å². The monoisotopic (exact) mass is 326 g/mol. The van der Waals surface area contributed by atoms with Crippen molar-refractivity contribution in [3.63, 3.8) is 0 Å². The van der Waals surface area contributed by atoms with Gasteiger partial charge < -0.3 is 21.3 Å². The summed E-state index contributed by atoms with van der Waals surface area (Å²) < 4.78 is 0. The largest absolute Gasteiger partial charge is 0.366 e. The number of rotatable bonds is 6. The van der Waals surface area contributed by atoms with Gasteiger partial charge in [0.2, 0.25) is 5.91 Å². The van der Waals surface area contributed by atoms with Crippen LogP contribution >= 0.6 is 12.4 Å². The Balaban J connectivity index is 0.00000242.